The molecule has 2 amide bonds. The monoisotopic (exact) mass is 393 g/mol. The van der Waals surface area contributed by atoms with Crippen LogP contribution in [0.3, 0.4) is 0 Å². The molecule has 0 aliphatic carbocycles. The van der Waals surface area contributed by atoms with Gasteiger partial charge in [0, 0.05) is 6.04 Å². The first-order valence-corrected chi connectivity index (χ1v) is 9.86. The number of carbonyl (C=O) groups excluding carboxylic acids is 3. The smallest absolute Gasteiger partial charge is 0.417 e. The number of ether oxygens (including phenoxy) is 1. The summed E-state index contributed by atoms with van der Waals surface area (Å²) < 4.78 is 5.42. The molecule has 2 aromatic rings. The van der Waals surface area contributed by atoms with E-state index in [-0.39, 0.29) is 5.78 Å². The zero-order valence-electron chi connectivity index (χ0n) is 17.3. The SMILES string of the molecule is CC(=O)[C@@H]1C[C@H](Cc2ccc(-c3ccccc3)cc2)N(C(=O)OC(C)(C)C)C1=O. The fourth-order valence-corrected chi connectivity index (χ4v) is 3.63. The van der Waals surface area contributed by atoms with Crippen molar-refractivity contribution >= 4 is 17.8 Å². The second-order valence-corrected chi connectivity index (χ2v) is 8.51. The molecule has 2 aromatic carbocycles. The normalized spacial score (nSPS) is 19.3. The Morgan fingerprint density at radius 3 is 2.14 bits per heavy atom. The van der Waals surface area contributed by atoms with Gasteiger partial charge in [-0.3, -0.25) is 9.59 Å². The predicted octanol–water partition coefficient (Wildman–Crippen LogP) is 4.64. The first-order chi connectivity index (χ1) is 13.7. The average molecular weight is 393 g/mol. The third-order valence-electron chi connectivity index (χ3n) is 5.02. The summed E-state index contributed by atoms with van der Waals surface area (Å²) >= 11 is 0. The van der Waals surface area contributed by atoms with E-state index in [0.29, 0.717) is 12.8 Å². The molecule has 2 atom stereocenters. The van der Waals surface area contributed by atoms with Crippen LogP contribution in [0.2, 0.25) is 0 Å². The van der Waals surface area contributed by atoms with Crippen LogP contribution in [-0.2, 0) is 20.7 Å². The van der Waals surface area contributed by atoms with Crippen LogP contribution in [0, 0.1) is 5.92 Å². The lowest BCUT2D eigenvalue weighted by Crippen LogP contribution is -2.43. The number of Topliss-reactive ketones (excluding diaryl/α,β-unsaturated/α-hetero) is 1. The first kappa shape index (κ1) is 20.8. The number of imide groups is 1. The number of carbonyl (C=O) groups is 3. The molecule has 5 heteroatoms. The van der Waals surface area contributed by atoms with Crippen molar-refractivity contribution in [2.75, 3.05) is 0 Å². The molecule has 0 spiro atoms. The van der Waals surface area contributed by atoms with Gasteiger partial charge in [0.05, 0.1) is 5.92 Å². The number of hydrogen-bond acceptors (Lipinski definition) is 4. The van der Waals surface area contributed by atoms with Crippen molar-refractivity contribution in [1.29, 1.82) is 0 Å². The third-order valence-corrected chi connectivity index (χ3v) is 5.02. The van der Waals surface area contributed by atoms with Gasteiger partial charge in [-0.05, 0) is 57.2 Å². The topological polar surface area (TPSA) is 63.7 Å². The summed E-state index contributed by atoms with van der Waals surface area (Å²) in [5.74, 6) is -1.46. The van der Waals surface area contributed by atoms with Crippen molar-refractivity contribution < 1.29 is 19.1 Å². The Hall–Kier alpha value is -2.95. The minimum atomic E-state index is -0.781. The van der Waals surface area contributed by atoms with Crippen LogP contribution >= 0.6 is 0 Å². The Kier molecular flexibility index (Phi) is 5.87. The van der Waals surface area contributed by atoms with Crippen LogP contribution in [0.5, 0.6) is 0 Å². The van der Waals surface area contributed by atoms with E-state index in [0.717, 1.165) is 21.6 Å². The fourth-order valence-electron chi connectivity index (χ4n) is 3.63. The molecule has 1 saturated heterocycles. The van der Waals surface area contributed by atoms with Crippen molar-refractivity contribution in [3.8, 4) is 11.1 Å². The summed E-state index contributed by atoms with van der Waals surface area (Å²) in [6.07, 6.45) is 0.134. The van der Waals surface area contributed by atoms with Crippen LogP contribution < -0.4 is 0 Å². The molecular weight excluding hydrogens is 366 g/mol. The van der Waals surface area contributed by atoms with Gasteiger partial charge in [-0.15, -0.1) is 0 Å². The van der Waals surface area contributed by atoms with E-state index in [1.54, 1.807) is 20.8 Å². The van der Waals surface area contributed by atoms with E-state index < -0.39 is 29.6 Å². The van der Waals surface area contributed by atoms with Crippen LogP contribution in [0.25, 0.3) is 11.1 Å². The molecule has 1 aliphatic rings. The van der Waals surface area contributed by atoms with E-state index in [9.17, 15) is 14.4 Å². The predicted molar refractivity (Wildman–Crippen MR) is 111 cm³/mol. The molecule has 0 radical (unpaired) electrons. The summed E-state index contributed by atoms with van der Waals surface area (Å²) in [4.78, 5) is 38.4. The Balaban J connectivity index is 1.80. The van der Waals surface area contributed by atoms with Gasteiger partial charge in [0.25, 0.3) is 0 Å². The summed E-state index contributed by atoms with van der Waals surface area (Å²) in [6, 6.07) is 17.7. The quantitative estimate of drug-likeness (QED) is 0.710. The van der Waals surface area contributed by atoms with Crippen LogP contribution in [-0.4, -0.2) is 34.3 Å². The molecule has 152 valence electrons. The van der Waals surface area contributed by atoms with Crippen molar-refractivity contribution in [1.82, 2.24) is 4.90 Å². The van der Waals surface area contributed by atoms with Crippen molar-refractivity contribution in [3.05, 3.63) is 60.2 Å². The molecule has 0 N–H and O–H groups in total. The Morgan fingerprint density at radius 1 is 1.00 bits per heavy atom. The molecular formula is C24H27NO4. The number of ketones is 1. The number of likely N-dealkylation sites (tertiary alicyclic amines) is 1. The molecule has 0 aromatic heterocycles. The molecule has 1 aliphatic heterocycles. The van der Waals surface area contributed by atoms with E-state index in [4.69, 9.17) is 4.74 Å². The van der Waals surface area contributed by atoms with Gasteiger partial charge < -0.3 is 4.74 Å². The van der Waals surface area contributed by atoms with E-state index in [1.165, 1.54) is 6.92 Å². The lowest BCUT2D eigenvalue weighted by molar-refractivity contribution is -0.135. The van der Waals surface area contributed by atoms with Gasteiger partial charge in [-0.1, -0.05) is 54.6 Å². The maximum atomic E-state index is 12.7. The lowest BCUT2D eigenvalue weighted by atomic mass is 9.96. The second kappa shape index (κ2) is 8.19. The maximum absolute atomic E-state index is 12.7. The van der Waals surface area contributed by atoms with Crippen LogP contribution in [0.15, 0.2) is 54.6 Å². The Labute approximate surface area is 171 Å². The van der Waals surface area contributed by atoms with Gasteiger partial charge in [0.15, 0.2) is 0 Å². The molecule has 0 unspecified atom stereocenters. The highest BCUT2D eigenvalue weighted by Crippen LogP contribution is 2.30. The fraction of sp³-hybridized carbons (Fsp3) is 0.375. The molecule has 5 nitrogen and oxygen atoms in total. The minimum Gasteiger partial charge on any atom is -0.443 e. The van der Waals surface area contributed by atoms with Gasteiger partial charge >= 0.3 is 6.09 Å². The summed E-state index contributed by atoms with van der Waals surface area (Å²) in [6.45, 7) is 6.66. The number of benzene rings is 2. The highest BCUT2D eigenvalue weighted by molar-refractivity contribution is 6.07. The van der Waals surface area contributed by atoms with Crippen molar-refractivity contribution in [2.24, 2.45) is 5.92 Å². The van der Waals surface area contributed by atoms with Gasteiger partial charge in [-0.2, -0.15) is 0 Å². The van der Waals surface area contributed by atoms with E-state index in [2.05, 4.69) is 0 Å². The summed E-state index contributed by atoms with van der Waals surface area (Å²) in [7, 11) is 0. The molecule has 29 heavy (non-hydrogen) atoms. The molecule has 0 bridgehead atoms. The zero-order valence-corrected chi connectivity index (χ0v) is 17.3. The zero-order chi connectivity index (χ0) is 21.2. The van der Waals surface area contributed by atoms with Crippen molar-refractivity contribution in [3.63, 3.8) is 0 Å². The summed E-state index contributed by atoms with van der Waals surface area (Å²) in [5.41, 5.74) is 2.51. The lowest BCUT2D eigenvalue weighted by Gasteiger charge is -2.27. The van der Waals surface area contributed by atoms with Crippen LogP contribution in [0.4, 0.5) is 4.79 Å². The Bertz CT molecular complexity index is 897. The molecule has 3 rings (SSSR count). The third kappa shape index (κ3) is 4.91. The molecule has 0 saturated carbocycles. The minimum absolute atomic E-state index is 0.217. The molecule has 1 heterocycles. The number of rotatable bonds is 4. The largest absolute Gasteiger partial charge is 0.443 e. The molecule has 1 fully saturated rings. The van der Waals surface area contributed by atoms with Crippen LogP contribution in [0.1, 0.15) is 39.7 Å². The number of hydrogen-bond donors (Lipinski definition) is 0. The van der Waals surface area contributed by atoms with Crippen molar-refractivity contribution in [2.45, 2.75) is 52.2 Å². The standard InChI is InChI=1S/C24H27NO4/c1-16(26)21-15-20(25(22(21)27)23(28)29-24(2,3)4)14-17-10-12-19(13-11-17)18-8-6-5-7-9-18/h5-13,20-21H,14-15H2,1-4H3/t20-,21-/m0/s1. The maximum Gasteiger partial charge on any atom is 0.417 e. The second-order valence-electron chi connectivity index (χ2n) is 8.51. The average Bonchev–Trinajstić information content (AvgIpc) is 2.98. The first-order valence-electron chi connectivity index (χ1n) is 9.86. The van der Waals surface area contributed by atoms with Gasteiger partial charge in [-0.25, -0.2) is 9.69 Å². The number of amides is 2. The summed E-state index contributed by atoms with van der Waals surface area (Å²) in [5, 5.41) is 0. The number of nitrogens with zero attached hydrogens (tertiary/aromatic N) is 1. The Morgan fingerprint density at radius 2 is 1.59 bits per heavy atom. The highest BCUT2D eigenvalue weighted by Gasteiger charge is 2.46. The van der Waals surface area contributed by atoms with Gasteiger partial charge in [0.2, 0.25) is 5.91 Å². The highest BCUT2D eigenvalue weighted by atomic mass is 16.6. The van der Waals surface area contributed by atoms with Gasteiger partial charge in [0.1, 0.15) is 11.4 Å². The van der Waals surface area contributed by atoms with E-state index >= 15 is 0 Å². The van der Waals surface area contributed by atoms with E-state index in [1.807, 2.05) is 54.6 Å².